The van der Waals surface area contributed by atoms with Gasteiger partial charge in [0.25, 0.3) is 5.91 Å². The standard InChI is InChI=1S/C19H20N2O2S/c1-4-14-7-5-6-8-15(14)23-11-17(22)20-19-21-18-13(3)12(2)9-10-16(18)24-19/h5-10H,4,11H2,1-3H3,(H,20,21,22). The van der Waals surface area contributed by atoms with Crippen LogP contribution in [0.15, 0.2) is 36.4 Å². The number of fused-ring (bicyclic) bond motifs is 1. The zero-order valence-electron chi connectivity index (χ0n) is 14.1. The summed E-state index contributed by atoms with van der Waals surface area (Å²) in [5, 5.41) is 3.44. The van der Waals surface area contributed by atoms with Crippen molar-refractivity contribution in [3.8, 4) is 5.75 Å². The van der Waals surface area contributed by atoms with E-state index in [-0.39, 0.29) is 12.5 Å². The van der Waals surface area contributed by atoms with E-state index < -0.39 is 0 Å². The molecule has 3 rings (SSSR count). The number of ether oxygens (including phenoxy) is 1. The van der Waals surface area contributed by atoms with Gasteiger partial charge < -0.3 is 4.74 Å². The summed E-state index contributed by atoms with van der Waals surface area (Å²) in [5.74, 6) is 0.556. The van der Waals surface area contributed by atoms with Crippen LogP contribution in [0, 0.1) is 13.8 Å². The highest BCUT2D eigenvalue weighted by molar-refractivity contribution is 7.22. The molecule has 0 aliphatic heterocycles. The predicted molar refractivity (Wildman–Crippen MR) is 99.0 cm³/mol. The lowest BCUT2D eigenvalue weighted by Gasteiger charge is -2.09. The van der Waals surface area contributed by atoms with Crippen molar-refractivity contribution in [2.45, 2.75) is 27.2 Å². The predicted octanol–water partition coefficient (Wildman–Crippen LogP) is 4.49. The molecular weight excluding hydrogens is 320 g/mol. The molecule has 124 valence electrons. The van der Waals surface area contributed by atoms with Gasteiger partial charge in [0, 0.05) is 0 Å². The monoisotopic (exact) mass is 340 g/mol. The molecule has 0 aliphatic rings. The number of para-hydroxylation sites is 1. The molecule has 1 N–H and O–H groups in total. The van der Waals surface area contributed by atoms with E-state index in [9.17, 15) is 4.79 Å². The Labute approximate surface area is 145 Å². The summed E-state index contributed by atoms with van der Waals surface area (Å²) < 4.78 is 6.72. The molecule has 0 aliphatic carbocycles. The number of amides is 1. The third kappa shape index (κ3) is 3.41. The van der Waals surface area contributed by atoms with Crippen LogP contribution < -0.4 is 10.1 Å². The molecule has 0 fully saturated rings. The Balaban J connectivity index is 1.68. The molecule has 0 spiro atoms. The minimum absolute atomic E-state index is 0.0229. The zero-order valence-corrected chi connectivity index (χ0v) is 14.9. The number of nitrogens with one attached hydrogen (secondary N) is 1. The van der Waals surface area contributed by atoms with Crippen molar-refractivity contribution in [3.63, 3.8) is 0 Å². The van der Waals surface area contributed by atoms with Gasteiger partial charge in [-0.15, -0.1) is 0 Å². The second-order valence-corrected chi connectivity index (χ2v) is 6.70. The van der Waals surface area contributed by atoms with E-state index >= 15 is 0 Å². The summed E-state index contributed by atoms with van der Waals surface area (Å²) >= 11 is 1.48. The van der Waals surface area contributed by atoms with Crippen LogP contribution >= 0.6 is 11.3 Å². The summed E-state index contributed by atoms with van der Waals surface area (Å²) in [6.45, 7) is 6.15. The minimum atomic E-state index is -0.200. The number of anilines is 1. The van der Waals surface area contributed by atoms with E-state index in [1.165, 1.54) is 16.9 Å². The molecule has 2 aromatic carbocycles. The average molecular weight is 340 g/mol. The first-order valence-corrected chi connectivity index (χ1v) is 8.77. The molecule has 1 aromatic heterocycles. The summed E-state index contributed by atoms with van der Waals surface area (Å²) in [6.07, 6.45) is 0.869. The van der Waals surface area contributed by atoms with Gasteiger partial charge in [-0.1, -0.05) is 42.5 Å². The number of rotatable bonds is 5. The molecule has 0 saturated heterocycles. The fourth-order valence-corrected chi connectivity index (χ4v) is 3.46. The van der Waals surface area contributed by atoms with Gasteiger partial charge in [-0.25, -0.2) is 4.98 Å². The van der Waals surface area contributed by atoms with Crippen LogP contribution in [0.1, 0.15) is 23.6 Å². The third-order valence-corrected chi connectivity index (χ3v) is 4.98. The number of benzene rings is 2. The van der Waals surface area contributed by atoms with Crippen LogP contribution in [0.3, 0.4) is 0 Å². The van der Waals surface area contributed by atoms with E-state index in [0.717, 1.165) is 33.5 Å². The Morgan fingerprint density at radius 1 is 1.21 bits per heavy atom. The quantitative estimate of drug-likeness (QED) is 0.744. The topological polar surface area (TPSA) is 51.2 Å². The largest absolute Gasteiger partial charge is 0.483 e. The van der Waals surface area contributed by atoms with E-state index in [4.69, 9.17) is 4.74 Å². The Hall–Kier alpha value is -2.40. The third-order valence-electron chi connectivity index (χ3n) is 4.04. The highest BCUT2D eigenvalue weighted by Crippen LogP contribution is 2.29. The smallest absolute Gasteiger partial charge is 0.264 e. The molecule has 0 bridgehead atoms. The molecule has 4 nitrogen and oxygen atoms in total. The number of thiazole rings is 1. The van der Waals surface area contributed by atoms with Crippen LogP contribution in [0.2, 0.25) is 0 Å². The van der Waals surface area contributed by atoms with Gasteiger partial charge in [0.15, 0.2) is 11.7 Å². The van der Waals surface area contributed by atoms with E-state index in [1.807, 2.05) is 37.3 Å². The van der Waals surface area contributed by atoms with E-state index in [1.54, 1.807) is 0 Å². The highest BCUT2D eigenvalue weighted by Gasteiger charge is 2.11. The first kappa shape index (κ1) is 16.5. The van der Waals surface area contributed by atoms with Crippen LogP contribution in [0.25, 0.3) is 10.2 Å². The van der Waals surface area contributed by atoms with Crippen LogP contribution in [-0.2, 0) is 11.2 Å². The van der Waals surface area contributed by atoms with Gasteiger partial charge in [-0.2, -0.15) is 0 Å². The fourth-order valence-electron chi connectivity index (χ4n) is 2.51. The summed E-state index contributed by atoms with van der Waals surface area (Å²) in [5.41, 5.74) is 4.39. The Morgan fingerprint density at radius 3 is 2.79 bits per heavy atom. The van der Waals surface area contributed by atoms with Gasteiger partial charge >= 0.3 is 0 Å². The Kier molecular flexibility index (Phi) is 4.81. The van der Waals surface area contributed by atoms with Gasteiger partial charge in [0.05, 0.1) is 10.2 Å². The SMILES string of the molecule is CCc1ccccc1OCC(=O)Nc1nc2c(C)c(C)ccc2s1. The van der Waals surface area contributed by atoms with Crippen molar-refractivity contribution in [3.05, 3.63) is 53.1 Å². The van der Waals surface area contributed by atoms with Gasteiger partial charge in [-0.05, 0) is 49.1 Å². The highest BCUT2D eigenvalue weighted by atomic mass is 32.1. The lowest BCUT2D eigenvalue weighted by atomic mass is 10.1. The van der Waals surface area contributed by atoms with Crippen molar-refractivity contribution in [2.75, 3.05) is 11.9 Å². The number of carbonyl (C=O) groups is 1. The number of hydrogen-bond donors (Lipinski definition) is 1. The van der Waals surface area contributed by atoms with Crippen LogP contribution in [0.5, 0.6) is 5.75 Å². The van der Waals surface area contributed by atoms with E-state index in [0.29, 0.717) is 5.13 Å². The molecule has 3 aromatic rings. The fraction of sp³-hybridized carbons (Fsp3) is 0.263. The van der Waals surface area contributed by atoms with Crippen LogP contribution in [0.4, 0.5) is 5.13 Å². The Morgan fingerprint density at radius 2 is 2.00 bits per heavy atom. The first-order chi connectivity index (χ1) is 11.6. The van der Waals surface area contributed by atoms with Crippen LogP contribution in [-0.4, -0.2) is 17.5 Å². The maximum atomic E-state index is 12.1. The molecule has 1 amide bonds. The number of hydrogen-bond acceptors (Lipinski definition) is 4. The van der Waals surface area contributed by atoms with E-state index in [2.05, 4.69) is 30.2 Å². The maximum absolute atomic E-state index is 12.1. The minimum Gasteiger partial charge on any atom is -0.483 e. The number of aromatic nitrogens is 1. The van der Waals surface area contributed by atoms with Crippen molar-refractivity contribution in [2.24, 2.45) is 0 Å². The van der Waals surface area contributed by atoms with Gasteiger partial charge in [0.2, 0.25) is 0 Å². The molecular formula is C19H20N2O2S. The molecule has 1 heterocycles. The summed E-state index contributed by atoms with van der Waals surface area (Å²) in [4.78, 5) is 16.7. The summed E-state index contributed by atoms with van der Waals surface area (Å²) in [6, 6.07) is 11.9. The lowest BCUT2D eigenvalue weighted by Crippen LogP contribution is -2.20. The normalized spacial score (nSPS) is 10.8. The molecule has 0 saturated carbocycles. The molecule has 24 heavy (non-hydrogen) atoms. The van der Waals surface area contributed by atoms with Crippen molar-refractivity contribution < 1.29 is 9.53 Å². The molecule has 0 atom stereocenters. The van der Waals surface area contributed by atoms with Gasteiger partial charge in [0.1, 0.15) is 5.75 Å². The summed E-state index contributed by atoms with van der Waals surface area (Å²) in [7, 11) is 0. The number of aryl methyl sites for hydroxylation is 3. The lowest BCUT2D eigenvalue weighted by molar-refractivity contribution is -0.118. The second-order valence-electron chi connectivity index (χ2n) is 5.67. The first-order valence-electron chi connectivity index (χ1n) is 7.95. The van der Waals surface area contributed by atoms with Crippen molar-refractivity contribution in [1.29, 1.82) is 0 Å². The van der Waals surface area contributed by atoms with Crippen molar-refractivity contribution in [1.82, 2.24) is 4.98 Å². The molecule has 0 radical (unpaired) electrons. The maximum Gasteiger partial charge on any atom is 0.264 e. The van der Waals surface area contributed by atoms with Gasteiger partial charge in [-0.3, -0.25) is 10.1 Å². The molecule has 5 heteroatoms. The zero-order chi connectivity index (χ0) is 17.1. The Bertz CT molecular complexity index is 886. The number of carbonyl (C=O) groups excluding carboxylic acids is 1. The number of nitrogens with zero attached hydrogens (tertiary/aromatic N) is 1. The molecule has 0 unspecified atom stereocenters. The average Bonchev–Trinajstić information content (AvgIpc) is 3.00. The van der Waals surface area contributed by atoms with Crippen molar-refractivity contribution >= 4 is 32.6 Å². The second kappa shape index (κ2) is 7.01.